The molecule has 5 rings (SSSR count). The van der Waals surface area contributed by atoms with Crippen molar-refractivity contribution < 1.29 is 4.42 Å². The van der Waals surface area contributed by atoms with Crippen molar-refractivity contribution in [3.8, 4) is 0 Å². The van der Waals surface area contributed by atoms with Crippen molar-refractivity contribution in [1.29, 1.82) is 0 Å². The summed E-state index contributed by atoms with van der Waals surface area (Å²) in [5.74, 6) is 2.11. The van der Waals surface area contributed by atoms with E-state index in [0.717, 1.165) is 31.4 Å². The lowest BCUT2D eigenvalue weighted by atomic mass is 9.71. The molecule has 5 heteroatoms. The predicted molar refractivity (Wildman–Crippen MR) is 115 cm³/mol. The second-order valence-corrected chi connectivity index (χ2v) is 10.4. The highest BCUT2D eigenvalue weighted by Gasteiger charge is 2.47. The minimum Gasteiger partial charge on any atom is -0.407 e. The molecule has 156 valence electrons. The van der Waals surface area contributed by atoms with E-state index >= 15 is 0 Å². The van der Waals surface area contributed by atoms with E-state index in [9.17, 15) is 0 Å². The maximum absolute atomic E-state index is 6.13. The van der Waals surface area contributed by atoms with Gasteiger partial charge >= 0.3 is 6.01 Å². The van der Waals surface area contributed by atoms with Crippen LogP contribution in [0.25, 0.3) is 0 Å². The summed E-state index contributed by atoms with van der Waals surface area (Å²) in [5.41, 5.74) is 1.36. The van der Waals surface area contributed by atoms with E-state index < -0.39 is 0 Å². The highest BCUT2D eigenvalue weighted by molar-refractivity contribution is 5.29. The molecule has 5 nitrogen and oxygen atoms in total. The predicted octanol–water partition coefficient (Wildman–Crippen LogP) is 4.29. The van der Waals surface area contributed by atoms with Crippen LogP contribution in [-0.4, -0.2) is 46.8 Å². The molecule has 3 aliphatic rings. The summed E-state index contributed by atoms with van der Waals surface area (Å²) in [6.07, 6.45) is 6.56. The quantitative estimate of drug-likeness (QED) is 0.777. The summed E-state index contributed by atoms with van der Waals surface area (Å²) >= 11 is 0. The SMILES string of the molecule is CC(C)(C)c1nnc(N2C[C@H]3C[C@@H](C2)[C@H](Cc2ccccc2)N2CCCC[C@@H]32)o1. The Labute approximate surface area is 174 Å². The van der Waals surface area contributed by atoms with Crippen LogP contribution in [-0.2, 0) is 11.8 Å². The Morgan fingerprint density at radius 2 is 1.83 bits per heavy atom. The maximum atomic E-state index is 6.13. The van der Waals surface area contributed by atoms with Crippen LogP contribution in [0.5, 0.6) is 0 Å². The molecule has 2 aromatic rings. The lowest BCUT2D eigenvalue weighted by molar-refractivity contribution is -0.0325. The number of anilines is 1. The molecule has 29 heavy (non-hydrogen) atoms. The standard InChI is InChI=1S/C24H34N4O/c1-24(2,3)22-25-26-23(29-22)27-15-18-14-19(16-27)21(13-17-9-5-4-6-10-17)28-12-8-7-11-20(18)28/h4-6,9-10,18-21H,7-8,11-16H2,1-3H3/t18-,19+,20+,21+/m1/s1. The first-order chi connectivity index (χ1) is 14.0. The van der Waals surface area contributed by atoms with E-state index in [1.807, 2.05) is 0 Å². The van der Waals surface area contributed by atoms with Crippen LogP contribution in [0.1, 0.15) is 57.9 Å². The number of aromatic nitrogens is 2. The molecule has 3 saturated heterocycles. The third kappa shape index (κ3) is 3.70. The van der Waals surface area contributed by atoms with Gasteiger partial charge in [0, 0.05) is 30.6 Å². The molecular weight excluding hydrogens is 360 g/mol. The topological polar surface area (TPSA) is 45.4 Å². The van der Waals surface area contributed by atoms with Crippen LogP contribution in [0.3, 0.4) is 0 Å². The van der Waals surface area contributed by atoms with Gasteiger partial charge in [-0.05, 0) is 49.6 Å². The monoisotopic (exact) mass is 394 g/mol. The van der Waals surface area contributed by atoms with E-state index in [2.05, 4.69) is 71.1 Å². The number of rotatable bonds is 3. The van der Waals surface area contributed by atoms with Gasteiger partial charge in [0.15, 0.2) is 0 Å². The van der Waals surface area contributed by atoms with Crippen molar-refractivity contribution in [1.82, 2.24) is 15.1 Å². The lowest BCUT2D eigenvalue weighted by Gasteiger charge is -2.56. The third-order valence-corrected chi connectivity index (χ3v) is 7.24. The normalized spacial score (nSPS) is 30.2. The molecule has 4 heterocycles. The van der Waals surface area contributed by atoms with Crippen molar-refractivity contribution in [3.05, 3.63) is 41.8 Å². The Hall–Kier alpha value is -1.88. The van der Waals surface area contributed by atoms with Gasteiger partial charge in [-0.25, -0.2) is 0 Å². The van der Waals surface area contributed by atoms with Gasteiger partial charge < -0.3 is 9.32 Å². The van der Waals surface area contributed by atoms with Gasteiger partial charge in [0.2, 0.25) is 5.89 Å². The number of hydrogen-bond donors (Lipinski definition) is 0. The van der Waals surface area contributed by atoms with Gasteiger partial charge in [-0.1, -0.05) is 62.6 Å². The Balaban J connectivity index is 1.41. The Morgan fingerprint density at radius 1 is 1.03 bits per heavy atom. The van der Waals surface area contributed by atoms with Crippen LogP contribution in [0.2, 0.25) is 0 Å². The maximum Gasteiger partial charge on any atom is 0.318 e. The Bertz CT molecular complexity index is 827. The molecule has 3 aliphatic heterocycles. The molecule has 0 unspecified atom stereocenters. The summed E-state index contributed by atoms with van der Waals surface area (Å²) in [5, 5.41) is 8.80. The van der Waals surface area contributed by atoms with Gasteiger partial charge in [0.1, 0.15) is 0 Å². The van der Waals surface area contributed by atoms with Crippen molar-refractivity contribution in [3.63, 3.8) is 0 Å². The van der Waals surface area contributed by atoms with Gasteiger partial charge in [-0.2, -0.15) is 0 Å². The number of hydrogen-bond acceptors (Lipinski definition) is 5. The molecule has 0 amide bonds. The molecular formula is C24H34N4O. The average Bonchev–Trinajstić information content (AvgIpc) is 3.23. The zero-order chi connectivity index (χ0) is 20.0. The molecule has 1 aromatic heterocycles. The zero-order valence-electron chi connectivity index (χ0n) is 18.1. The van der Waals surface area contributed by atoms with Crippen LogP contribution < -0.4 is 4.90 Å². The number of benzene rings is 1. The molecule has 2 bridgehead atoms. The molecule has 0 radical (unpaired) electrons. The number of piperidine rings is 3. The second-order valence-electron chi connectivity index (χ2n) is 10.4. The van der Waals surface area contributed by atoms with Gasteiger partial charge in [0.05, 0.1) is 0 Å². The Morgan fingerprint density at radius 3 is 2.59 bits per heavy atom. The minimum atomic E-state index is -0.104. The van der Waals surface area contributed by atoms with E-state index in [4.69, 9.17) is 4.42 Å². The molecule has 1 aromatic carbocycles. The van der Waals surface area contributed by atoms with Gasteiger partial charge in [-0.3, -0.25) is 4.90 Å². The molecule has 0 spiro atoms. The van der Waals surface area contributed by atoms with Crippen molar-refractivity contribution in [2.45, 2.75) is 70.4 Å². The summed E-state index contributed by atoms with van der Waals surface area (Å²) in [6.45, 7) is 9.75. The van der Waals surface area contributed by atoms with Crippen molar-refractivity contribution >= 4 is 6.01 Å². The minimum absolute atomic E-state index is 0.104. The van der Waals surface area contributed by atoms with E-state index in [1.54, 1.807) is 0 Å². The first-order valence-electron chi connectivity index (χ1n) is 11.4. The van der Waals surface area contributed by atoms with Crippen molar-refractivity contribution in [2.24, 2.45) is 11.8 Å². The van der Waals surface area contributed by atoms with Gasteiger partial charge in [-0.15, -0.1) is 5.10 Å². The number of nitrogens with zero attached hydrogens (tertiary/aromatic N) is 4. The lowest BCUT2D eigenvalue weighted by Crippen LogP contribution is -2.64. The molecule has 0 N–H and O–H groups in total. The first-order valence-corrected chi connectivity index (χ1v) is 11.4. The highest BCUT2D eigenvalue weighted by Crippen LogP contribution is 2.43. The molecule has 3 fully saturated rings. The van der Waals surface area contributed by atoms with Crippen LogP contribution in [0.4, 0.5) is 6.01 Å². The van der Waals surface area contributed by atoms with Crippen LogP contribution >= 0.6 is 0 Å². The molecule has 0 aliphatic carbocycles. The van der Waals surface area contributed by atoms with Crippen LogP contribution in [0, 0.1) is 11.8 Å². The van der Waals surface area contributed by atoms with E-state index in [1.165, 1.54) is 37.8 Å². The first kappa shape index (κ1) is 19.1. The third-order valence-electron chi connectivity index (χ3n) is 7.24. The summed E-state index contributed by atoms with van der Waals surface area (Å²) in [4.78, 5) is 5.27. The number of fused-ring (bicyclic) bond motifs is 4. The fourth-order valence-corrected chi connectivity index (χ4v) is 5.85. The smallest absolute Gasteiger partial charge is 0.318 e. The Kier molecular flexibility index (Phi) is 4.89. The fourth-order valence-electron chi connectivity index (χ4n) is 5.85. The van der Waals surface area contributed by atoms with Crippen molar-refractivity contribution in [2.75, 3.05) is 24.5 Å². The fraction of sp³-hybridized carbons (Fsp3) is 0.667. The summed E-state index contributed by atoms with van der Waals surface area (Å²) in [6, 6.07) is 13.1. The average molecular weight is 395 g/mol. The summed E-state index contributed by atoms with van der Waals surface area (Å²) < 4.78 is 6.13. The van der Waals surface area contributed by atoms with Crippen LogP contribution in [0.15, 0.2) is 34.7 Å². The zero-order valence-corrected chi connectivity index (χ0v) is 18.1. The van der Waals surface area contributed by atoms with E-state index in [0.29, 0.717) is 23.9 Å². The second kappa shape index (κ2) is 7.42. The highest BCUT2D eigenvalue weighted by atomic mass is 16.4. The van der Waals surface area contributed by atoms with Gasteiger partial charge in [0.25, 0.3) is 0 Å². The molecule has 0 saturated carbocycles. The molecule has 4 atom stereocenters. The largest absolute Gasteiger partial charge is 0.407 e. The van der Waals surface area contributed by atoms with E-state index in [-0.39, 0.29) is 5.41 Å². The summed E-state index contributed by atoms with van der Waals surface area (Å²) in [7, 11) is 0.